The molecule has 3 nitrogen and oxygen atoms in total. The van der Waals surface area contributed by atoms with Gasteiger partial charge in [0.25, 0.3) is 0 Å². The summed E-state index contributed by atoms with van der Waals surface area (Å²) in [5.74, 6) is -1.70. The molecule has 0 bridgehead atoms. The first kappa shape index (κ1) is 13.1. The fourth-order valence-corrected chi connectivity index (χ4v) is 1.82. The lowest BCUT2D eigenvalue weighted by Crippen LogP contribution is -1.97. The SMILES string of the molecule is N#Cc1cc(-c2cc(C(=O)O)ccc2F)ccc1Cl. The van der Waals surface area contributed by atoms with Crippen LogP contribution in [0.5, 0.6) is 0 Å². The van der Waals surface area contributed by atoms with Gasteiger partial charge in [0.1, 0.15) is 11.9 Å². The molecule has 0 aliphatic carbocycles. The molecule has 0 aromatic heterocycles. The number of benzene rings is 2. The minimum absolute atomic E-state index is 0.0233. The topological polar surface area (TPSA) is 61.1 Å². The standard InChI is InChI=1S/C14H7ClFNO2/c15-12-3-1-8(5-10(12)7-17)11-6-9(14(18)19)2-4-13(11)16/h1-6H,(H,18,19). The fraction of sp³-hybridized carbons (Fsp3) is 0. The molecule has 0 saturated heterocycles. The summed E-state index contributed by atoms with van der Waals surface area (Å²) < 4.78 is 13.7. The van der Waals surface area contributed by atoms with E-state index >= 15 is 0 Å². The van der Waals surface area contributed by atoms with Crippen molar-refractivity contribution in [3.05, 3.63) is 58.4 Å². The lowest BCUT2D eigenvalue weighted by atomic mass is 10.0. The highest BCUT2D eigenvalue weighted by Crippen LogP contribution is 2.27. The quantitative estimate of drug-likeness (QED) is 0.909. The third-order valence-corrected chi connectivity index (χ3v) is 2.94. The summed E-state index contributed by atoms with van der Waals surface area (Å²) in [7, 11) is 0. The number of hydrogen-bond donors (Lipinski definition) is 1. The Hall–Kier alpha value is -2.38. The molecule has 5 heteroatoms. The maximum absolute atomic E-state index is 13.7. The monoisotopic (exact) mass is 275 g/mol. The van der Waals surface area contributed by atoms with Crippen LogP contribution < -0.4 is 0 Å². The van der Waals surface area contributed by atoms with Crippen LogP contribution >= 0.6 is 11.6 Å². The van der Waals surface area contributed by atoms with E-state index in [1.54, 1.807) is 0 Å². The molecule has 2 rings (SSSR count). The number of aromatic carboxylic acids is 1. The first-order valence-corrected chi connectivity index (χ1v) is 5.63. The molecule has 2 aromatic carbocycles. The van der Waals surface area contributed by atoms with Gasteiger partial charge in [-0.2, -0.15) is 5.26 Å². The van der Waals surface area contributed by atoms with E-state index in [-0.39, 0.29) is 21.7 Å². The molecule has 0 unspecified atom stereocenters. The summed E-state index contributed by atoms with van der Waals surface area (Å²) in [5, 5.41) is 18.0. The number of rotatable bonds is 2. The lowest BCUT2D eigenvalue weighted by molar-refractivity contribution is 0.0697. The normalized spacial score (nSPS) is 9.95. The minimum Gasteiger partial charge on any atom is -0.478 e. The van der Waals surface area contributed by atoms with Gasteiger partial charge in [0.05, 0.1) is 16.1 Å². The molecule has 94 valence electrons. The molecular formula is C14H7ClFNO2. The molecule has 19 heavy (non-hydrogen) atoms. The van der Waals surface area contributed by atoms with E-state index in [0.717, 1.165) is 6.07 Å². The Morgan fingerprint density at radius 2 is 2.00 bits per heavy atom. The van der Waals surface area contributed by atoms with Crippen LogP contribution in [-0.4, -0.2) is 11.1 Å². The lowest BCUT2D eigenvalue weighted by Gasteiger charge is -2.06. The van der Waals surface area contributed by atoms with Gasteiger partial charge in [0.2, 0.25) is 0 Å². The van der Waals surface area contributed by atoms with Crippen molar-refractivity contribution in [2.45, 2.75) is 0 Å². The molecule has 0 aliphatic heterocycles. The van der Waals surface area contributed by atoms with Gasteiger partial charge in [0.15, 0.2) is 0 Å². The molecule has 0 saturated carbocycles. The highest BCUT2D eigenvalue weighted by Gasteiger charge is 2.11. The van der Waals surface area contributed by atoms with E-state index in [2.05, 4.69) is 0 Å². The highest BCUT2D eigenvalue weighted by atomic mass is 35.5. The maximum Gasteiger partial charge on any atom is 0.335 e. The molecule has 0 heterocycles. The Labute approximate surface area is 113 Å². The number of hydrogen-bond acceptors (Lipinski definition) is 2. The third kappa shape index (κ3) is 2.56. The predicted molar refractivity (Wildman–Crippen MR) is 68.5 cm³/mol. The highest BCUT2D eigenvalue weighted by molar-refractivity contribution is 6.31. The van der Waals surface area contributed by atoms with Crippen LogP contribution in [0.4, 0.5) is 4.39 Å². The van der Waals surface area contributed by atoms with E-state index in [9.17, 15) is 9.18 Å². The van der Waals surface area contributed by atoms with Crippen LogP contribution in [0.25, 0.3) is 11.1 Å². The van der Waals surface area contributed by atoms with Gasteiger partial charge < -0.3 is 5.11 Å². The Bertz CT molecular complexity index is 707. The first-order chi connectivity index (χ1) is 9.02. The molecule has 2 aromatic rings. The summed E-state index contributed by atoms with van der Waals surface area (Å²) in [4.78, 5) is 10.9. The van der Waals surface area contributed by atoms with Crippen LogP contribution in [-0.2, 0) is 0 Å². The Balaban J connectivity index is 2.61. The smallest absolute Gasteiger partial charge is 0.335 e. The zero-order valence-corrected chi connectivity index (χ0v) is 10.3. The van der Waals surface area contributed by atoms with Crippen molar-refractivity contribution >= 4 is 17.6 Å². The zero-order chi connectivity index (χ0) is 14.0. The largest absolute Gasteiger partial charge is 0.478 e. The Morgan fingerprint density at radius 1 is 1.26 bits per heavy atom. The van der Waals surface area contributed by atoms with E-state index in [4.69, 9.17) is 22.0 Å². The molecule has 0 radical (unpaired) electrons. The molecule has 0 aliphatic rings. The van der Waals surface area contributed by atoms with Crippen LogP contribution in [0.2, 0.25) is 5.02 Å². The van der Waals surface area contributed by atoms with Crippen molar-refractivity contribution in [1.29, 1.82) is 5.26 Å². The van der Waals surface area contributed by atoms with Crippen molar-refractivity contribution in [3.63, 3.8) is 0 Å². The summed E-state index contributed by atoms with van der Waals surface area (Å²) in [6, 6.07) is 9.81. The second-order valence-corrected chi connectivity index (χ2v) is 4.21. The number of nitrogens with zero attached hydrogens (tertiary/aromatic N) is 1. The Morgan fingerprint density at radius 3 is 2.63 bits per heavy atom. The van der Waals surface area contributed by atoms with E-state index < -0.39 is 11.8 Å². The number of carboxylic acids is 1. The number of carboxylic acid groups (broad SMARTS) is 1. The molecular weight excluding hydrogens is 269 g/mol. The number of carbonyl (C=O) groups is 1. The summed E-state index contributed by atoms with van der Waals surface area (Å²) >= 11 is 5.79. The summed E-state index contributed by atoms with van der Waals surface area (Å²) in [6.45, 7) is 0. The van der Waals surface area contributed by atoms with Crippen molar-refractivity contribution in [2.24, 2.45) is 0 Å². The Kier molecular flexibility index (Phi) is 3.50. The van der Waals surface area contributed by atoms with Gasteiger partial charge in [-0.25, -0.2) is 9.18 Å². The van der Waals surface area contributed by atoms with E-state index in [1.807, 2.05) is 6.07 Å². The number of nitriles is 1. The summed E-state index contributed by atoms with van der Waals surface area (Å²) in [5.41, 5.74) is 0.707. The van der Waals surface area contributed by atoms with E-state index in [0.29, 0.717) is 5.56 Å². The van der Waals surface area contributed by atoms with Crippen LogP contribution in [0.15, 0.2) is 36.4 Å². The number of halogens is 2. The third-order valence-electron chi connectivity index (χ3n) is 2.61. The predicted octanol–water partition coefficient (Wildman–Crippen LogP) is 3.72. The van der Waals surface area contributed by atoms with Gasteiger partial charge in [0, 0.05) is 5.56 Å². The van der Waals surface area contributed by atoms with E-state index in [1.165, 1.54) is 30.3 Å². The van der Waals surface area contributed by atoms with Gasteiger partial charge in [-0.05, 0) is 35.9 Å². The van der Waals surface area contributed by atoms with Gasteiger partial charge in [-0.3, -0.25) is 0 Å². The average Bonchev–Trinajstić information content (AvgIpc) is 2.40. The van der Waals surface area contributed by atoms with Crippen molar-refractivity contribution in [2.75, 3.05) is 0 Å². The van der Waals surface area contributed by atoms with Gasteiger partial charge >= 0.3 is 5.97 Å². The van der Waals surface area contributed by atoms with Crippen LogP contribution in [0, 0.1) is 17.1 Å². The van der Waals surface area contributed by atoms with Gasteiger partial charge in [-0.1, -0.05) is 17.7 Å². The maximum atomic E-state index is 13.7. The molecule has 0 spiro atoms. The van der Waals surface area contributed by atoms with Crippen molar-refractivity contribution in [3.8, 4) is 17.2 Å². The second-order valence-electron chi connectivity index (χ2n) is 3.81. The average molecular weight is 276 g/mol. The molecule has 0 fully saturated rings. The first-order valence-electron chi connectivity index (χ1n) is 5.26. The van der Waals surface area contributed by atoms with Crippen molar-refractivity contribution < 1.29 is 14.3 Å². The summed E-state index contributed by atoms with van der Waals surface area (Å²) in [6.07, 6.45) is 0. The van der Waals surface area contributed by atoms with Crippen molar-refractivity contribution in [1.82, 2.24) is 0 Å². The zero-order valence-electron chi connectivity index (χ0n) is 9.52. The minimum atomic E-state index is -1.14. The van der Waals surface area contributed by atoms with Crippen LogP contribution in [0.1, 0.15) is 15.9 Å². The molecule has 0 atom stereocenters. The second kappa shape index (κ2) is 5.09. The fourth-order valence-electron chi connectivity index (χ4n) is 1.66. The van der Waals surface area contributed by atoms with Crippen LogP contribution in [0.3, 0.4) is 0 Å². The molecule has 1 N–H and O–H groups in total. The molecule has 0 amide bonds. The van der Waals surface area contributed by atoms with Gasteiger partial charge in [-0.15, -0.1) is 0 Å².